The van der Waals surface area contributed by atoms with E-state index < -0.39 is 32.5 Å². The summed E-state index contributed by atoms with van der Waals surface area (Å²) in [5, 5.41) is 0. The van der Waals surface area contributed by atoms with E-state index in [1.165, 1.54) is 19.3 Å². The average Bonchev–Trinajstić information content (AvgIpc) is 3.12. The molecule has 0 radical (unpaired) electrons. The van der Waals surface area contributed by atoms with Crippen molar-refractivity contribution in [3.8, 4) is 0 Å². The van der Waals surface area contributed by atoms with Gasteiger partial charge in [0.2, 0.25) is 0 Å². The van der Waals surface area contributed by atoms with Gasteiger partial charge in [-0.05, 0) is 89.9 Å². The summed E-state index contributed by atoms with van der Waals surface area (Å²) in [6.07, 6.45) is 44.8. The second-order valence-electron chi connectivity index (χ2n) is 14.3. The lowest BCUT2D eigenvalue weighted by Crippen LogP contribution is -2.37. The van der Waals surface area contributed by atoms with Crippen molar-refractivity contribution in [3.05, 3.63) is 85.1 Å². The number of ether oxygens (including phenoxy) is 2. The van der Waals surface area contributed by atoms with Crippen LogP contribution in [-0.4, -0.2) is 70.0 Å². The Morgan fingerprint density at radius 2 is 1.04 bits per heavy atom. The van der Waals surface area contributed by atoms with Gasteiger partial charge in [0.05, 0.1) is 27.7 Å². The van der Waals surface area contributed by atoms with Crippen molar-refractivity contribution in [1.29, 1.82) is 0 Å². The smallest absolute Gasteiger partial charge is 0.306 e. The van der Waals surface area contributed by atoms with Gasteiger partial charge in [-0.25, -0.2) is 0 Å². The maximum Gasteiger partial charge on any atom is 0.306 e. The van der Waals surface area contributed by atoms with Gasteiger partial charge in [0, 0.05) is 12.8 Å². The van der Waals surface area contributed by atoms with Gasteiger partial charge in [0.25, 0.3) is 7.82 Å². The van der Waals surface area contributed by atoms with Gasteiger partial charge in [-0.3, -0.25) is 14.2 Å². The average molecular weight is 776 g/mol. The van der Waals surface area contributed by atoms with Gasteiger partial charge in [-0.2, -0.15) is 0 Å². The zero-order valence-electron chi connectivity index (χ0n) is 34.4. The third-order valence-electron chi connectivity index (χ3n) is 7.90. The third-order valence-corrected chi connectivity index (χ3v) is 8.86. The number of hydrogen-bond donors (Lipinski definition) is 0. The molecule has 0 aliphatic rings. The Hall–Kier alpha value is -2.81. The molecule has 9 nitrogen and oxygen atoms in total. The number of esters is 2. The molecule has 0 spiro atoms. The van der Waals surface area contributed by atoms with Gasteiger partial charge >= 0.3 is 11.9 Å². The molecule has 0 heterocycles. The zero-order chi connectivity index (χ0) is 40.0. The summed E-state index contributed by atoms with van der Waals surface area (Å²) in [4.78, 5) is 37.4. The lowest BCUT2D eigenvalue weighted by atomic mass is 10.1. The molecule has 0 aromatic carbocycles. The standard InChI is InChI=1S/C44H74NO8P/c1-6-8-10-12-14-16-18-20-22-24-26-28-30-32-34-36-43(46)50-40-42(41-52-54(48,49)51-39-38-45(3,4)5)53-44(47)37-35-33-31-29-27-25-23-21-19-17-15-13-11-9-7-2/h8,10,14-17,20-23,26-29,42H,6-7,9,11-13,18-19,24-25,30-41H2,1-5H3/b10-8+,16-14+,17-15+,22-20+,23-21+,28-26+,29-27+/t42-/m1/s1. The minimum atomic E-state index is -4.65. The summed E-state index contributed by atoms with van der Waals surface area (Å²) in [6.45, 7) is 3.95. The van der Waals surface area contributed by atoms with E-state index >= 15 is 0 Å². The van der Waals surface area contributed by atoms with Gasteiger partial charge in [0.1, 0.15) is 19.8 Å². The molecule has 0 bridgehead atoms. The van der Waals surface area contributed by atoms with Gasteiger partial charge in [-0.1, -0.05) is 112 Å². The maximum atomic E-state index is 12.6. The van der Waals surface area contributed by atoms with Crippen LogP contribution in [0.15, 0.2) is 85.1 Å². The van der Waals surface area contributed by atoms with Crippen LogP contribution in [0.4, 0.5) is 0 Å². The number of phosphoric ester groups is 1. The van der Waals surface area contributed by atoms with Crippen LogP contribution in [0, 0.1) is 0 Å². The van der Waals surface area contributed by atoms with E-state index in [1.807, 2.05) is 21.1 Å². The monoisotopic (exact) mass is 776 g/mol. The highest BCUT2D eigenvalue weighted by molar-refractivity contribution is 7.45. The normalized spacial score (nSPS) is 14.6. The van der Waals surface area contributed by atoms with E-state index in [9.17, 15) is 19.0 Å². The Labute approximate surface area is 329 Å². The molecule has 308 valence electrons. The molecule has 0 rings (SSSR count). The molecular formula is C44H74NO8P. The molecule has 0 aromatic heterocycles. The van der Waals surface area contributed by atoms with Crippen LogP contribution < -0.4 is 4.89 Å². The van der Waals surface area contributed by atoms with E-state index in [0.717, 1.165) is 70.6 Å². The number of likely N-dealkylation sites (N-methyl/N-ethyl adjacent to an activating group) is 1. The quantitative estimate of drug-likeness (QED) is 0.0206. The van der Waals surface area contributed by atoms with Gasteiger partial charge in [-0.15, -0.1) is 0 Å². The van der Waals surface area contributed by atoms with Crippen molar-refractivity contribution in [2.75, 3.05) is 47.5 Å². The van der Waals surface area contributed by atoms with Crippen LogP contribution in [0.1, 0.15) is 129 Å². The maximum absolute atomic E-state index is 12.6. The molecular weight excluding hydrogens is 701 g/mol. The number of allylic oxidation sites excluding steroid dienone is 14. The highest BCUT2D eigenvalue weighted by Crippen LogP contribution is 2.38. The summed E-state index contributed by atoms with van der Waals surface area (Å²) in [5.41, 5.74) is 0. The highest BCUT2D eigenvalue weighted by atomic mass is 31.2. The van der Waals surface area contributed by atoms with Crippen LogP contribution in [0.3, 0.4) is 0 Å². The largest absolute Gasteiger partial charge is 0.756 e. The van der Waals surface area contributed by atoms with Crippen LogP contribution in [0.25, 0.3) is 0 Å². The lowest BCUT2D eigenvalue weighted by molar-refractivity contribution is -0.870. The molecule has 0 aliphatic heterocycles. The van der Waals surface area contributed by atoms with E-state index in [2.05, 4.69) is 98.9 Å². The zero-order valence-corrected chi connectivity index (χ0v) is 35.3. The molecule has 1 unspecified atom stereocenters. The van der Waals surface area contributed by atoms with Crippen LogP contribution in [-0.2, 0) is 32.7 Å². The van der Waals surface area contributed by atoms with Crippen molar-refractivity contribution >= 4 is 19.8 Å². The Morgan fingerprint density at radius 1 is 0.593 bits per heavy atom. The van der Waals surface area contributed by atoms with Gasteiger partial charge < -0.3 is 27.9 Å². The molecule has 2 atom stereocenters. The molecule has 0 aromatic rings. The second-order valence-corrected chi connectivity index (χ2v) is 15.7. The molecule has 0 saturated carbocycles. The summed E-state index contributed by atoms with van der Waals surface area (Å²) < 4.78 is 33.7. The van der Waals surface area contributed by atoms with Crippen molar-refractivity contribution in [2.24, 2.45) is 0 Å². The van der Waals surface area contributed by atoms with Crippen molar-refractivity contribution < 1.29 is 42.1 Å². The fourth-order valence-corrected chi connectivity index (χ4v) is 5.44. The fourth-order valence-electron chi connectivity index (χ4n) is 4.71. The predicted octanol–water partition coefficient (Wildman–Crippen LogP) is 10.6. The minimum Gasteiger partial charge on any atom is -0.756 e. The first kappa shape index (κ1) is 51.2. The van der Waals surface area contributed by atoms with Crippen LogP contribution in [0.2, 0.25) is 0 Å². The molecule has 0 amide bonds. The van der Waals surface area contributed by atoms with Gasteiger partial charge in [0.15, 0.2) is 6.10 Å². The molecule has 0 saturated heterocycles. The van der Waals surface area contributed by atoms with Crippen LogP contribution in [0.5, 0.6) is 0 Å². The number of phosphoric acid groups is 1. The summed E-state index contributed by atoms with van der Waals surface area (Å²) in [6, 6.07) is 0. The summed E-state index contributed by atoms with van der Waals surface area (Å²) >= 11 is 0. The third kappa shape index (κ3) is 38.9. The first-order valence-corrected chi connectivity index (χ1v) is 21.8. The number of carbonyl (C=O) groups is 2. The van der Waals surface area contributed by atoms with Crippen molar-refractivity contribution in [2.45, 2.75) is 136 Å². The van der Waals surface area contributed by atoms with Crippen molar-refractivity contribution in [3.63, 3.8) is 0 Å². The fraction of sp³-hybridized carbons (Fsp3) is 0.636. The van der Waals surface area contributed by atoms with E-state index in [1.54, 1.807) is 0 Å². The van der Waals surface area contributed by atoms with Crippen molar-refractivity contribution in [1.82, 2.24) is 0 Å². The molecule has 0 fully saturated rings. The predicted molar refractivity (Wildman–Crippen MR) is 222 cm³/mol. The minimum absolute atomic E-state index is 0.0497. The second kappa shape index (κ2) is 35.9. The first-order chi connectivity index (χ1) is 26.0. The Kier molecular flexibility index (Phi) is 34.0. The molecule has 10 heteroatoms. The highest BCUT2D eigenvalue weighted by Gasteiger charge is 2.21. The number of nitrogens with zero attached hydrogens (tertiary/aromatic N) is 1. The lowest BCUT2D eigenvalue weighted by Gasteiger charge is -2.28. The Bertz CT molecular complexity index is 1200. The summed E-state index contributed by atoms with van der Waals surface area (Å²) in [7, 11) is 1.10. The van der Waals surface area contributed by atoms with E-state index in [4.69, 9.17) is 18.5 Å². The number of hydrogen-bond acceptors (Lipinski definition) is 8. The number of quaternary nitrogens is 1. The number of rotatable bonds is 35. The molecule has 0 aliphatic carbocycles. The number of carbonyl (C=O) groups excluding carboxylic acids is 2. The van der Waals surface area contributed by atoms with Crippen LogP contribution >= 0.6 is 7.82 Å². The summed E-state index contributed by atoms with van der Waals surface area (Å²) in [5.74, 6) is -0.940. The number of unbranched alkanes of at least 4 members (excludes halogenated alkanes) is 7. The Balaban J connectivity index is 4.57. The topological polar surface area (TPSA) is 111 Å². The van der Waals surface area contributed by atoms with E-state index in [-0.39, 0.29) is 26.1 Å². The molecule has 54 heavy (non-hydrogen) atoms. The SMILES string of the molecule is CC/C=C/C/C=C/C/C=C/C/C=C/CCCCC(=O)OC[C@H](COP(=O)([O-])OCC[N+](C)(C)C)OC(=O)CCCC/C=C/C/C=C/C/C=C/CCCCC. The first-order valence-electron chi connectivity index (χ1n) is 20.3. The molecule has 0 N–H and O–H groups in total. The Morgan fingerprint density at radius 3 is 1.50 bits per heavy atom. The van der Waals surface area contributed by atoms with E-state index in [0.29, 0.717) is 23.9 Å².